The van der Waals surface area contributed by atoms with Gasteiger partial charge >= 0.3 is 11.9 Å². The molecule has 1 saturated heterocycles. The first-order valence-corrected chi connectivity index (χ1v) is 12.8. The average Bonchev–Trinajstić information content (AvgIpc) is 3.78. The van der Waals surface area contributed by atoms with E-state index in [2.05, 4.69) is 20.6 Å². The first kappa shape index (κ1) is 30.6. The summed E-state index contributed by atoms with van der Waals surface area (Å²) in [5, 5.41) is 25.5. The molecule has 1 saturated carbocycles. The van der Waals surface area contributed by atoms with Crippen LogP contribution in [0.4, 0.5) is 17.6 Å². The number of rotatable bonds is 5. The number of aromatic nitrogens is 2. The Balaban J connectivity index is 1.73. The Kier molecular flexibility index (Phi) is 8.94. The summed E-state index contributed by atoms with van der Waals surface area (Å²) in [4.78, 5) is 58.6. The SMILES string of the molecule is C[C@H]1OC(=O)C(C2CC2)OC(=O)[C@H](C)[C@H](O)[C@H](Cc2c(F)nc(F)c(F)c2F)NC(=O)[C@H]1NC(=O)c1ncccc1O. The van der Waals surface area contributed by atoms with Gasteiger partial charge in [0.15, 0.2) is 11.5 Å². The fourth-order valence-electron chi connectivity index (χ4n) is 4.39. The summed E-state index contributed by atoms with van der Waals surface area (Å²) in [7, 11) is 0. The molecule has 3 heterocycles. The standard InChI is InChI=1S/C26H26F4N4O8/c1-9-19(36)13(8-12-15(27)16(28)22(30)34-21(12)29)32-23(37)17(33-24(38)18-14(35)4-3-7-31-18)10(2)41-26(40)20(11-5-6-11)42-25(9)39/h3-4,7,9-11,13,17,19-20,35-36H,5-6,8H2,1-2H3,(H,32,37)(H,33,38)/t9-,10-,13+,17+,19+,20?/m1/s1. The fraction of sp³-hybridized carbons (Fsp3) is 0.462. The van der Waals surface area contributed by atoms with Crippen LogP contribution in [0.3, 0.4) is 0 Å². The molecule has 1 unspecified atom stereocenters. The number of esters is 2. The van der Waals surface area contributed by atoms with Gasteiger partial charge in [-0.25, -0.2) is 14.2 Å². The lowest BCUT2D eigenvalue weighted by molar-refractivity contribution is -0.178. The number of nitrogens with one attached hydrogen (secondary N) is 2. The van der Waals surface area contributed by atoms with Crippen molar-refractivity contribution in [2.45, 2.75) is 63.5 Å². The number of cyclic esters (lactones) is 2. The van der Waals surface area contributed by atoms with Crippen molar-refractivity contribution in [3.63, 3.8) is 0 Å². The number of hydrogen-bond acceptors (Lipinski definition) is 10. The second kappa shape index (κ2) is 12.3. The summed E-state index contributed by atoms with van der Waals surface area (Å²) in [6.45, 7) is 2.36. The minimum atomic E-state index is -2.11. The van der Waals surface area contributed by atoms with Crippen LogP contribution < -0.4 is 10.6 Å². The van der Waals surface area contributed by atoms with E-state index >= 15 is 0 Å². The molecule has 2 aromatic rings. The Morgan fingerprint density at radius 1 is 1.07 bits per heavy atom. The number of carbonyl (C=O) groups excluding carboxylic acids is 4. The zero-order valence-electron chi connectivity index (χ0n) is 22.1. The number of pyridine rings is 2. The summed E-state index contributed by atoms with van der Waals surface area (Å²) in [6.07, 6.45) is -3.70. The van der Waals surface area contributed by atoms with Crippen molar-refractivity contribution >= 4 is 23.8 Å². The summed E-state index contributed by atoms with van der Waals surface area (Å²) < 4.78 is 66.9. The summed E-state index contributed by atoms with van der Waals surface area (Å²) in [6, 6.07) is -1.06. The largest absolute Gasteiger partial charge is 0.505 e. The zero-order chi connectivity index (χ0) is 30.9. The van der Waals surface area contributed by atoms with E-state index in [4.69, 9.17) is 9.47 Å². The van der Waals surface area contributed by atoms with Crippen LogP contribution in [0.2, 0.25) is 0 Å². The Labute approximate surface area is 235 Å². The quantitative estimate of drug-likeness (QED) is 0.219. The van der Waals surface area contributed by atoms with Crippen LogP contribution in [0.5, 0.6) is 5.75 Å². The highest BCUT2D eigenvalue weighted by molar-refractivity contribution is 5.98. The fourth-order valence-corrected chi connectivity index (χ4v) is 4.39. The summed E-state index contributed by atoms with van der Waals surface area (Å²) in [5.74, 6) is -14.8. The molecule has 0 bridgehead atoms. The van der Waals surface area contributed by atoms with Gasteiger partial charge in [0.1, 0.15) is 17.9 Å². The third-order valence-electron chi connectivity index (χ3n) is 7.00. The molecule has 2 amide bonds. The van der Waals surface area contributed by atoms with Crippen LogP contribution in [-0.4, -0.2) is 74.3 Å². The van der Waals surface area contributed by atoms with Gasteiger partial charge < -0.3 is 30.3 Å². The van der Waals surface area contributed by atoms with Crippen LogP contribution in [0, 0.1) is 35.4 Å². The molecular formula is C26H26F4N4O8. The highest BCUT2D eigenvalue weighted by Crippen LogP contribution is 2.36. The Morgan fingerprint density at radius 2 is 1.76 bits per heavy atom. The maximum atomic E-state index is 14.5. The van der Waals surface area contributed by atoms with Gasteiger partial charge in [-0.05, 0) is 38.8 Å². The molecule has 16 heteroatoms. The minimum Gasteiger partial charge on any atom is -0.505 e. The van der Waals surface area contributed by atoms with E-state index < -0.39 is 113 Å². The third-order valence-corrected chi connectivity index (χ3v) is 7.00. The van der Waals surface area contributed by atoms with Gasteiger partial charge in [-0.1, -0.05) is 0 Å². The van der Waals surface area contributed by atoms with Crippen molar-refractivity contribution in [3.8, 4) is 5.75 Å². The number of ether oxygens (including phenoxy) is 2. The lowest BCUT2D eigenvalue weighted by atomic mass is 9.92. The number of nitrogens with zero attached hydrogens (tertiary/aromatic N) is 2. The maximum absolute atomic E-state index is 14.5. The van der Waals surface area contributed by atoms with E-state index in [1.165, 1.54) is 19.2 Å². The Morgan fingerprint density at radius 3 is 2.40 bits per heavy atom. The highest BCUT2D eigenvalue weighted by atomic mass is 19.2. The van der Waals surface area contributed by atoms with Crippen LogP contribution in [0.15, 0.2) is 18.3 Å². The van der Waals surface area contributed by atoms with Gasteiger partial charge in [0.25, 0.3) is 11.9 Å². The molecule has 2 aromatic heterocycles. The van der Waals surface area contributed by atoms with Crippen molar-refractivity contribution in [2.24, 2.45) is 11.8 Å². The number of aromatic hydroxyl groups is 1. The van der Waals surface area contributed by atoms with Gasteiger partial charge in [0.2, 0.25) is 23.8 Å². The first-order chi connectivity index (χ1) is 19.8. The molecule has 0 radical (unpaired) electrons. The molecule has 12 nitrogen and oxygen atoms in total. The molecule has 6 atom stereocenters. The van der Waals surface area contributed by atoms with Crippen LogP contribution >= 0.6 is 0 Å². The van der Waals surface area contributed by atoms with E-state index in [0.29, 0.717) is 12.8 Å². The molecule has 42 heavy (non-hydrogen) atoms. The average molecular weight is 599 g/mol. The predicted molar refractivity (Wildman–Crippen MR) is 130 cm³/mol. The molecular weight excluding hydrogens is 572 g/mol. The topological polar surface area (TPSA) is 177 Å². The Bertz CT molecular complexity index is 1410. The number of aliphatic hydroxyl groups is 1. The second-order valence-electron chi connectivity index (χ2n) is 10.1. The van der Waals surface area contributed by atoms with Gasteiger partial charge in [-0.15, -0.1) is 0 Å². The van der Waals surface area contributed by atoms with Crippen molar-refractivity contribution in [1.82, 2.24) is 20.6 Å². The molecule has 1 aliphatic heterocycles. The highest BCUT2D eigenvalue weighted by Gasteiger charge is 2.45. The predicted octanol–water partition coefficient (Wildman–Crippen LogP) is 0.829. The Hall–Kier alpha value is -4.34. The van der Waals surface area contributed by atoms with Gasteiger partial charge in [0.05, 0.1) is 18.1 Å². The lowest BCUT2D eigenvalue weighted by Crippen LogP contribution is -2.59. The molecule has 1 aliphatic carbocycles. The van der Waals surface area contributed by atoms with E-state index in [0.717, 1.165) is 13.0 Å². The van der Waals surface area contributed by atoms with Crippen molar-refractivity contribution in [1.29, 1.82) is 0 Å². The molecule has 2 aliphatic rings. The smallest absolute Gasteiger partial charge is 0.348 e. The first-order valence-electron chi connectivity index (χ1n) is 12.8. The number of hydrogen-bond donors (Lipinski definition) is 4. The van der Waals surface area contributed by atoms with E-state index in [1.807, 2.05) is 0 Å². The van der Waals surface area contributed by atoms with Gasteiger partial charge in [-0.3, -0.25) is 14.4 Å². The molecule has 4 N–H and O–H groups in total. The number of halogens is 4. The van der Waals surface area contributed by atoms with Crippen LogP contribution in [0.25, 0.3) is 0 Å². The second-order valence-corrected chi connectivity index (χ2v) is 10.1. The van der Waals surface area contributed by atoms with Crippen molar-refractivity contribution < 1.29 is 56.4 Å². The third kappa shape index (κ3) is 6.42. The van der Waals surface area contributed by atoms with E-state index in [1.54, 1.807) is 0 Å². The van der Waals surface area contributed by atoms with Gasteiger partial charge in [0, 0.05) is 24.1 Å². The van der Waals surface area contributed by atoms with Crippen LogP contribution in [0.1, 0.15) is 42.7 Å². The van der Waals surface area contributed by atoms with Crippen LogP contribution in [-0.2, 0) is 30.3 Å². The van der Waals surface area contributed by atoms with E-state index in [9.17, 15) is 47.0 Å². The zero-order valence-corrected chi connectivity index (χ0v) is 22.1. The number of amides is 2. The molecule has 0 spiro atoms. The summed E-state index contributed by atoms with van der Waals surface area (Å²) >= 11 is 0. The van der Waals surface area contributed by atoms with Gasteiger partial charge in [-0.2, -0.15) is 18.2 Å². The van der Waals surface area contributed by atoms with E-state index in [-0.39, 0.29) is 0 Å². The molecule has 2 fully saturated rings. The normalized spacial score (nSPS) is 27.2. The summed E-state index contributed by atoms with van der Waals surface area (Å²) in [5.41, 5.74) is -1.65. The maximum Gasteiger partial charge on any atom is 0.348 e. The van der Waals surface area contributed by atoms with Crippen molar-refractivity contribution in [2.75, 3.05) is 0 Å². The monoisotopic (exact) mass is 598 g/mol. The lowest BCUT2D eigenvalue weighted by Gasteiger charge is -2.33. The minimum absolute atomic E-state index is 0.416. The molecule has 0 aromatic carbocycles. The number of carbonyl (C=O) groups is 4. The molecule has 226 valence electrons. The number of aliphatic hydroxyl groups excluding tert-OH is 1. The van der Waals surface area contributed by atoms with Crippen molar-refractivity contribution in [3.05, 3.63) is 53.1 Å². The molecule has 4 rings (SSSR count).